The zero-order valence-electron chi connectivity index (χ0n) is 12.3. The van der Waals surface area contributed by atoms with E-state index in [0.717, 1.165) is 42.7 Å². The van der Waals surface area contributed by atoms with Gasteiger partial charge >= 0.3 is 0 Å². The standard InChI is InChI=1S/C18H21NO2/c1-21-15-10-8-14(9-11-15)16-6-2-4-12-18(16,20)17-7-3-5-13-19-17/h3,5,7-11,13,16,20H,2,4,6,12H2,1H3/t16-,18-/m1/s1. The van der Waals surface area contributed by atoms with Crippen molar-refractivity contribution in [3.63, 3.8) is 0 Å². The van der Waals surface area contributed by atoms with Crippen molar-refractivity contribution in [2.75, 3.05) is 7.11 Å². The first-order chi connectivity index (χ1) is 10.2. The maximum Gasteiger partial charge on any atom is 0.118 e. The molecule has 0 saturated heterocycles. The summed E-state index contributed by atoms with van der Waals surface area (Å²) in [6.07, 6.45) is 5.69. The third-order valence-corrected chi connectivity index (χ3v) is 4.50. The molecule has 1 saturated carbocycles. The second-order valence-electron chi connectivity index (χ2n) is 5.71. The predicted octanol–water partition coefficient (Wildman–Crippen LogP) is 3.64. The fourth-order valence-corrected chi connectivity index (χ4v) is 3.36. The molecule has 1 aromatic heterocycles. The number of ether oxygens (including phenoxy) is 1. The zero-order valence-corrected chi connectivity index (χ0v) is 12.3. The van der Waals surface area contributed by atoms with E-state index in [4.69, 9.17) is 4.74 Å². The number of aromatic nitrogens is 1. The molecule has 0 radical (unpaired) electrons. The highest BCUT2D eigenvalue weighted by atomic mass is 16.5. The lowest BCUT2D eigenvalue weighted by molar-refractivity contribution is -0.0262. The Kier molecular flexibility index (Phi) is 3.93. The average molecular weight is 283 g/mol. The monoisotopic (exact) mass is 283 g/mol. The van der Waals surface area contributed by atoms with Gasteiger partial charge in [-0.15, -0.1) is 0 Å². The molecule has 0 bridgehead atoms. The summed E-state index contributed by atoms with van der Waals surface area (Å²) >= 11 is 0. The molecular weight excluding hydrogens is 262 g/mol. The highest BCUT2D eigenvalue weighted by molar-refractivity contribution is 5.33. The zero-order chi connectivity index (χ0) is 14.7. The van der Waals surface area contributed by atoms with Crippen LogP contribution in [0.15, 0.2) is 48.7 Å². The van der Waals surface area contributed by atoms with Gasteiger partial charge in [-0.2, -0.15) is 0 Å². The minimum atomic E-state index is -0.867. The number of hydrogen-bond acceptors (Lipinski definition) is 3. The molecule has 3 heteroatoms. The number of benzene rings is 1. The van der Waals surface area contributed by atoms with Crippen molar-refractivity contribution < 1.29 is 9.84 Å². The molecule has 0 spiro atoms. The summed E-state index contributed by atoms with van der Waals surface area (Å²) in [4.78, 5) is 4.41. The molecule has 0 amide bonds. The maximum atomic E-state index is 11.3. The van der Waals surface area contributed by atoms with Gasteiger partial charge in [-0.1, -0.05) is 31.0 Å². The number of pyridine rings is 1. The minimum absolute atomic E-state index is 0.0899. The second-order valence-corrected chi connectivity index (χ2v) is 5.71. The Morgan fingerprint density at radius 2 is 1.95 bits per heavy atom. The number of hydrogen-bond donors (Lipinski definition) is 1. The lowest BCUT2D eigenvalue weighted by atomic mass is 9.70. The molecule has 1 fully saturated rings. The van der Waals surface area contributed by atoms with E-state index >= 15 is 0 Å². The first-order valence-corrected chi connectivity index (χ1v) is 7.52. The van der Waals surface area contributed by atoms with Crippen LogP contribution in [-0.4, -0.2) is 17.2 Å². The molecule has 2 atom stereocenters. The van der Waals surface area contributed by atoms with Crippen LogP contribution >= 0.6 is 0 Å². The van der Waals surface area contributed by atoms with E-state index in [2.05, 4.69) is 17.1 Å². The van der Waals surface area contributed by atoms with Crippen molar-refractivity contribution in [2.45, 2.75) is 37.2 Å². The van der Waals surface area contributed by atoms with Crippen LogP contribution in [0.2, 0.25) is 0 Å². The molecule has 1 N–H and O–H groups in total. The van der Waals surface area contributed by atoms with Gasteiger partial charge in [0, 0.05) is 12.1 Å². The van der Waals surface area contributed by atoms with Gasteiger partial charge in [0.05, 0.1) is 12.8 Å². The van der Waals surface area contributed by atoms with Crippen LogP contribution in [0.3, 0.4) is 0 Å². The normalized spacial score (nSPS) is 25.5. The molecule has 0 unspecified atom stereocenters. The van der Waals surface area contributed by atoms with Crippen LogP contribution in [0.1, 0.15) is 42.9 Å². The van der Waals surface area contributed by atoms with Gasteiger partial charge in [-0.25, -0.2) is 0 Å². The largest absolute Gasteiger partial charge is 0.497 e. The summed E-state index contributed by atoms with van der Waals surface area (Å²) in [5.41, 5.74) is 1.07. The summed E-state index contributed by atoms with van der Waals surface area (Å²) in [6.45, 7) is 0. The summed E-state index contributed by atoms with van der Waals surface area (Å²) in [6, 6.07) is 13.8. The van der Waals surface area contributed by atoms with E-state index in [1.165, 1.54) is 0 Å². The van der Waals surface area contributed by atoms with E-state index in [1.54, 1.807) is 13.3 Å². The summed E-state index contributed by atoms with van der Waals surface area (Å²) in [5.74, 6) is 0.933. The second kappa shape index (κ2) is 5.86. The summed E-state index contributed by atoms with van der Waals surface area (Å²) in [7, 11) is 1.67. The Balaban J connectivity index is 1.97. The topological polar surface area (TPSA) is 42.4 Å². The fraction of sp³-hybridized carbons (Fsp3) is 0.389. The Labute approximate surface area is 125 Å². The molecule has 2 aromatic rings. The highest BCUT2D eigenvalue weighted by Crippen LogP contribution is 2.46. The molecule has 1 aliphatic carbocycles. The quantitative estimate of drug-likeness (QED) is 0.935. The SMILES string of the molecule is COc1ccc([C@H]2CCCC[C@]2(O)c2ccccn2)cc1. The fourth-order valence-electron chi connectivity index (χ4n) is 3.36. The van der Waals surface area contributed by atoms with E-state index in [1.807, 2.05) is 30.3 Å². The van der Waals surface area contributed by atoms with Gasteiger partial charge < -0.3 is 9.84 Å². The van der Waals surface area contributed by atoms with Gasteiger partial charge in [-0.3, -0.25) is 4.98 Å². The van der Waals surface area contributed by atoms with Crippen LogP contribution in [-0.2, 0) is 5.60 Å². The highest BCUT2D eigenvalue weighted by Gasteiger charge is 2.42. The molecule has 3 nitrogen and oxygen atoms in total. The Hall–Kier alpha value is -1.87. The molecule has 0 aliphatic heterocycles. The number of rotatable bonds is 3. The van der Waals surface area contributed by atoms with Crippen LogP contribution in [0.5, 0.6) is 5.75 Å². The van der Waals surface area contributed by atoms with Crippen LogP contribution in [0, 0.1) is 0 Å². The third-order valence-electron chi connectivity index (χ3n) is 4.50. The van der Waals surface area contributed by atoms with Gasteiger partial charge in [0.25, 0.3) is 0 Å². The van der Waals surface area contributed by atoms with Gasteiger partial charge in [0.1, 0.15) is 11.4 Å². The van der Waals surface area contributed by atoms with Crippen LogP contribution in [0.25, 0.3) is 0 Å². The van der Waals surface area contributed by atoms with Crippen molar-refractivity contribution in [3.05, 3.63) is 59.9 Å². The molecule has 1 aromatic carbocycles. The molecule has 1 heterocycles. The van der Waals surface area contributed by atoms with Crippen LogP contribution in [0.4, 0.5) is 0 Å². The molecule has 1 aliphatic rings. The smallest absolute Gasteiger partial charge is 0.118 e. The summed E-state index contributed by atoms with van der Waals surface area (Å²) in [5, 5.41) is 11.3. The Morgan fingerprint density at radius 3 is 2.62 bits per heavy atom. The van der Waals surface area contributed by atoms with Crippen molar-refractivity contribution in [2.24, 2.45) is 0 Å². The molecule has 21 heavy (non-hydrogen) atoms. The summed E-state index contributed by atoms with van der Waals surface area (Å²) < 4.78 is 5.22. The van der Waals surface area contributed by atoms with Crippen molar-refractivity contribution in [3.8, 4) is 5.75 Å². The van der Waals surface area contributed by atoms with Gasteiger partial charge in [-0.05, 0) is 42.7 Å². The van der Waals surface area contributed by atoms with E-state index in [0.29, 0.717) is 0 Å². The molecule has 110 valence electrons. The maximum absolute atomic E-state index is 11.3. The lowest BCUT2D eigenvalue weighted by Crippen LogP contribution is -2.37. The number of methoxy groups -OCH3 is 1. The lowest BCUT2D eigenvalue weighted by Gasteiger charge is -2.40. The molecular formula is C18H21NO2. The van der Waals surface area contributed by atoms with Crippen molar-refractivity contribution >= 4 is 0 Å². The first-order valence-electron chi connectivity index (χ1n) is 7.52. The van der Waals surface area contributed by atoms with Crippen molar-refractivity contribution in [1.29, 1.82) is 0 Å². The average Bonchev–Trinajstić information content (AvgIpc) is 2.56. The molecule has 3 rings (SSSR count). The van der Waals surface area contributed by atoms with E-state index in [9.17, 15) is 5.11 Å². The van der Waals surface area contributed by atoms with E-state index < -0.39 is 5.60 Å². The predicted molar refractivity (Wildman–Crippen MR) is 82.3 cm³/mol. The number of aliphatic hydroxyl groups is 1. The van der Waals surface area contributed by atoms with Crippen LogP contribution < -0.4 is 4.74 Å². The number of nitrogens with zero attached hydrogens (tertiary/aromatic N) is 1. The van der Waals surface area contributed by atoms with Crippen molar-refractivity contribution in [1.82, 2.24) is 4.98 Å². The van der Waals surface area contributed by atoms with E-state index in [-0.39, 0.29) is 5.92 Å². The third kappa shape index (κ3) is 2.66. The van der Waals surface area contributed by atoms with Gasteiger partial charge in [0.15, 0.2) is 0 Å². The van der Waals surface area contributed by atoms with Gasteiger partial charge in [0.2, 0.25) is 0 Å². The first kappa shape index (κ1) is 14.1. The minimum Gasteiger partial charge on any atom is -0.497 e. The Morgan fingerprint density at radius 1 is 1.14 bits per heavy atom. The Bertz CT molecular complexity index is 582.